The molecule has 1 amide bonds. The third-order valence-electron chi connectivity index (χ3n) is 7.90. The summed E-state index contributed by atoms with van der Waals surface area (Å²) in [7, 11) is 0. The molecule has 6 rings (SSSR count). The number of hydrogen-bond donors (Lipinski definition) is 4. The van der Waals surface area contributed by atoms with Crippen molar-refractivity contribution in [1.29, 1.82) is 5.41 Å². The summed E-state index contributed by atoms with van der Waals surface area (Å²) < 4.78 is 2.01. The number of rotatable bonds is 7. The zero-order chi connectivity index (χ0) is 28.5. The maximum Gasteiger partial charge on any atom is 0.268 e. The van der Waals surface area contributed by atoms with Crippen LogP contribution in [0.2, 0.25) is 5.02 Å². The second kappa shape index (κ2) is 11.6. The number of carbonyl (C=O) groups excluding carboxylic acids is 1. The third-order valence-corrected chi connectivity index (χ3v) is 9.49. The summed E-state index contributed by atoms with van der Waals surface area (Å²) in [6.45, 7) is 0.381. The number of nitrogen functional groups attached to an aromatic ring is 1. The molecule has 0 radical (unpaired) electrons. The van der Waals surface area contributed by atoms with Gasteiger partial charge in [-0.3, -0.25) is 10.2 Å². The molecule has 1 aliphatic rings. The fourth-order valence-electron chi connectivity index (χ4n) is 5.68. The van der Waals surface area contributed by atoms with Crippen LogP contribution in [0.3, 0.4) is 0 Å². The van der Waals surface area contributed by atoms with Crippen molar-refractivity contribution in [3.05, 3.63) is 107 Å². The van der Waals surface area contributed by atoms with E-state index in [4.69, 9.17) is 28.5 Å². The Hall–Kier alpha value is -3.78. The monoisotopic (exact) mass is 581 g/mol. The first kappa shape index (κ1) is 27.4. The van der Waals surface area contributed by atoms with Crippen LogP contribution in [-0.2, 0) is 6.54 Å². The Kier molecular flexibility index (Phi) is 7.75. The van der Waals surface area contributed by atoms with Crippen molar-refractivity contribution < 1.29 is 4.79 Å². The molecule has 1 saturated carbocycles. The molecule has 6 nitrogen and oxygen atoms in total. The molecule has 1 fully saturated rings. The van der Waals surface area contributed by atoms with E-state index < -0.39 is 0 Å². The van der Waals surface area contributed by atoms with Crippen molar-refractivity contribution in [3.63, 3.8) is 0 Å². The molecule has 4 aromatic carbocycles. The van der Waals surface area contributed by atoms with E-state index in [1.54, 1.807) is 11.8 Å². The molecule has 0 spiro atoms. The number of carbonyl (C=O) groups is 1. The number of aromatic nitrogens is 1. The Morgan fingerprint density at radius 1 is 0.951 bits per heavy atom. The van der Waals surface area contributed by atoms with E-state index in [0.717, 1.165) is 62.7 Å². The summed E-state index contributed by atoms with van der Waals surface area (Å²) in [5.74, 6) is -0.143. The van der Waals surface area contributed by atoms with E-state index in [1.807, 2.05) is 59.2 Å². The van der Waals surface area contributed by atoms with Crippen LogP contribution < -0.4 is 16.8 Å². The molecule has 5 aromatic rings. The average molecular weight is 582 g/mol. The fourth-order valence-corrected chi connectivity index (χ4v) is 6.95. The predicted molar refractivity (Wildman–Crippen MR) is 169 cm³/mol. The highest BCUT2D eigenvalue weighted by Gasteiger charge is 2.24. The van der Waals surface area contributed by atoms with Gasteiger partial charge < -0.3 is 21.4 Å². The minimum Gasteiger partial charge on any atom is -0.384 e. The number of fused-ring (bicyclic) bond motifs is 2. The molecule has 6 N–H and O–H groups in total. The highest BCUT2D eigenvalue weighted by molar-refractivity contribution is 7.99. The van der Waals surface area contributed by atoms with Gasteiger partial charge in [-0.25, -0.2) is 0 Å². The van der Waals surface area contributed by atoms with Gasteiger partial charge in [0.2, 0.25) is 0 Å². The molecule has 0 unspecified atom stereocenters. The first-order valence-electron chi connectivity index (χ1n) is 13.8. The van der Waals surface area contributed by atoms with Crippen molar-refractivity contribution in [2.24, 2.45) is 11.5 Å². The van der Waals surface area contributed by atoms with E-state index in [-0.39, 0.29) is 23.8 Å². The third kappa shape index (κ3) is 5.71. The number of halogens is 1. The Morgan fingerprint density at radius 3 is 2.44 bits per heavy atom. The van der Waals surface area contributed by atoms with Crippen molar-refractivity contribution in [2.75, 3.05) is 0 Å². The molecular formula is C33H32ClN5OS. The maximum absolute atomic E-state index is 13.8. The standard InChI is InChI=1S/C33H32ClN5OS/c34-31-27(26-9-5-4-6-20(26)18-30(31)41-25-7-2-1-3-8-25)19-39-28-17-22(32(36)37)11-10-21(28)16-29(39)33(40)38-24-14-12-23(35)13-15-24/h1-11,16-18,23-24H,12-15,19,35H2,(H3,36,37)(H,38,40)/t23-,24-. The van der Waals surface area contributed by atoms with Crippen LogP contribution in [0.15, 0.2) is 94.7 Å². The van der Waals surface area contributed by atoms with E-state index in [2.05, 4.69) is 35.6 Å². The van der Waals surface area contributed by atoms with Crippen molar-refractivity contribution in [3.8, 4) is 0 Å². The first-order valence-corrected chi connectivity index (χ1v) is 15.0. The van der Waals surface area contributed by atoms with Gasteiger partial charge in [-0.15, -0.1) is 0 Å². The lowest BCUT2D eigenvalue weighted by molar-refractivity contribution is 0.0917. The molecule has 0 aliphatic heterocycles. The van der Waals surface area contributed by atoms with Crippen LogP contribution in [0.4, 0.5) is 0 Å². The number of hydrogen-bond acceptors (Lipinski definition) is 4. The van der Waals surface area contributed by atoms with Crippen LogP contribution in [0, 0.1) is 5.41 Å². The molecule has 1 aliphatic carbocycles. The highest BCUT2D eigenvalue weighted by atomic mass is 35.5. The van der Waals surface area contributed by atoms with Crippen LogP contribution in [0.5, 0.6) is 0 Å². The largest absolute Gasteiger partial charge is 0.384 e. The van der Waals surface area contributed by atoms with Gasteiger partial charge in [-0.2, -0.15) is 0 Å². The van der Waals surface area contributed by atoms with Crippen molar-refractivity contribution >= 4 is 56.8 Å². The lowest BCUT2D eigenvalue weighted by Gasteiger charge is -2.27. The number of nitrogens with zero attached hydrogens (tertiary/aromatic N) is 1. The van der Waals surface area contributed by atoms with Gasteiger partial charge in [-0.05, 0) is 72.4 Å². The van der Waals surface area contributed by atoms with E-state index >= 15 is 0 Å². The van der Waals surface area contributed by atoms with Gasteiger partial charge in [0.1, 0.15) is 11.5 Å². The van der Waals surface area contributed by atoms with Gasteiger partial charge in [0.25, 0.3) is 5.91 Å². The minimum atomic E-state index is -0.124. The molecule has 0 atom stereocenters. The number of benzene rings is 4. The van der Waals surface area contributed by atoms with E-state index in [0.29, 0.717) is 22.8 Å². The topological polar surface area (TPSA) is 110 Å². The summed E-state index contributed by atoms with van der Waals surface area (Å²) in [6, 6.07) is 28.3. The fraction of sp³-hybridized carbons (Fsp3) is 0.212. The van der Waals surface area contributed by atoms with Gasteiger partial charge >= 0.3 is 0 Å². The van der Waals surface area contributed by atoms with E-state index in [1.165, 1.54) is 0 Å². The van der Waals surface area contributed by atoms with Gasteiger partial charge in [0.05, 0.1) is 11.6 Å². The molecule has 208 valence electrons. The van der Waals surface area contributed by atoms with Crippen LogP contribution >= 0.6 is 23.4 Å². The Balaban J connectivity index is 1.47. The number of amidine groups is 1. The predicted octanol–water partition coefficient (Wildman–Crippen LogP) is 6.93. The van der Waals surface area contributed by atoms with E-state index in [9.17, 15) is 4.79 Å². The van der Waals surface area contributed by atoms with Gasteiger partial charge in [0, 0.05) is 38.3 Å². The molecule has 0 saturated heterocycles. The SMILES string of the molecule is N=C(N)c1ccc2cc(C(=O)N[C@H]3CC[C@H](N)CC3)n(Cc3c(Cl)c(Sc4ccccc4)cc4ccccc34)c2c1. The smallest absolute Gasteiger partial charge is 0.268 e. The molecule has 8 heteroatoms. The summed E-state index contributed by atoms with van der Waals surface area (Å²) >= 11 is 8.81. The second-order valence-corrected chi connectivity index (χ2v) is 12.2. The number of amides is 1. The second-order valence-electron chi connectivity index (χ2n) is 10.7. The summed E-state index contributed by atoms with van der Waals surface area (Å²) in [6.07, 6.45) is 3.56. The highest BCUT2D eigenvalue weighted by Crippen LogP contribution is 2.40. The normalized spacial score (nSPS) is 17.1. The molecule has 1 heterocycles. The molecule has 0 bridgehead atoms. The molecule has 41 heavy (non-hydrogen) atoms. The Bertz CT molecular complexity index is 1760. The van der Waals surface area contributed by atoms with Crippen LogP contribution in [0.1, 0.15) is 47.3 Å². The number of nitrogens with one attached hydrogen (secondary N) is 2. The summed E-state index contributed by atoms with van der Waals surface area (Å²) in [5.41, 5.74) is 14.9. The maximum atomic E-state index is 13.8. The van der Waals surface area contributed by atoms with Gasteiger partial charge in [-0.1, -0.05) is 78.0 Å². The lowest BCUT2D eigenvalue weighted by Crippen LogP contribution is -2.41. The number of nitrogens with two attached hydrogens (primary N) is 2. The van der Waals surface area contributed by atoms with Crippen molar-refractivity contribution in [2.45, 2.75) is 54.1 Å². The zero-order valence-corrected chi connectivity index (χ0v) is 24.1. The quantitative estimate of drug-likeness (QED) is 0.123. The molecule has 1 aromatic heterocycles. The zero-order valence-electron chi connectivity index (χ0n) is 22.6. The minimum absolute atomic E-state index is 0.0195. The van der Waals surface area contributed by atoms with Crippen LogP contribution in [-0.4, -0.2) is 28.4 Å². The average Bonchev–Trinajstić information content (AvgIpc) is 3.34. The van der Waals surface area contributed by atoms with Crippen LogP contribution in [0.25, 0.3) is 21.7 Å². The Morgan fingerprint density at radius 2 is 1.68 bits per heavy atom. The summed E-state index contributed by atoms with van der Waals surface area (Å²) in [4.78, 5) is 15.8. The Labute approximate surface area is 248 Å². The lowest BCUT2D eigenvalue weighted by atomic mass is 9.92. The summed E-state index contributed by atoms with van der Waals surface area (Å²) in [5, 5.41) is 14.9. The first-order chi connectivity index (χ1) is 19.9. The van der Waals surface area contributed by atoms with Crippen molar-refractivity contribution in [1.82, 2.24) is 9.88 Å². The van der Waals surface area contributed by atoms with Gasteiger partial charge in [0.15, 0.2) is 0 Å². The molecular weight excluding hydrogens is 550 g/mol.